The lowest BCUT2D eigenvalue weighted by molar-refractivity contribution is 0.483. The predicted molar refractivity (Wildman–Crippen MR) is 76.4 cm³/mol. The largest absolute Gasteiger partial charge is 0.317 e. The van der Waals surface area contributed by atoms with Gasteiger partial charge in [-0.05, 0) is 50.1 Å². The Hall–Kier alpha value is -0.890. The van der Waals surface area contributed by atoms with Crippen LogP contribution in [0.15, 0.2) is 18.2 Å². The van der Waals surface area contributed by atoms with E-state index >= 15 is 0 Å². The van der Waals surface area contributed by atoms with Crippen LogP contribution >= 0.6 is 0 Å². The molecule has 0 aliphatic rings. The van der Waals surface area contributed by atoms with Gasteiger partial charge in [0, 0.05) is 6.04 Å². The van der Waals surface area contributed by atoms with Gasteiger partial charge in [-0.15, -0.1) is 0 Å². The third-order valence-corrected chi connectivity index (χ3v) is 3.59. The smallest absolute Gasteiger partial charge is 0.123 e. The molecule has 0 saturated heterocycles. The summed E-state index contributed by atoms with van der Waals surface area (Å²) in [6.07, 6.45) is 7.24. The van der Waals surface area contributed by atoms with Crippen LogP contribution in [-0.2, 0) is 6.42 Å². The van der Waals surface area contributed by atoms with Crippen molar-refractivity contribution in [1.29, 1.82) is 0 Å². The van der Waals surface area contributed by atoms with Gasteiger partial charge in [0.2, 0.25) is 0 Å². The Labute approximate surface area is 111 Å². The standard InChI is InChI=1S/C16H26FN/c1-4-5-6-7-8-16(18-3)12-14-11-15(17)10-9-13(14)2/h9-11,16,18H,4-8,12H2,1-3H3. The van der Waals surface area contributed by atoms with E-state index in [0.717, 1.165) is 12.0 Å². The molecule has 0 fully saturated rings. The van der Waals surface area contributed by atoms with Crippen LogP contribution in [0.5, 0.6) is 0 Å². The lowest BCUT2D eigenvalue weighted by atomic mass is 9.97. The third-order valence-electron chi connectivity index (χ3n) is 3.59. The van der Waals surface area contributed by atoms with Crippen molar-refractivity contribution in [1.82, 2.24) is 5.32 Å². The maximum absolute atomic E-state index is 13.2. The van der Waals surface area contributed by atoms with Crippen molar-refractivity contribution >= 4 is 0 Å². The van der Waals surface area contributed by atoms with Crippen LogP contribution in [0.2, 0.25) is 0 Å². The zero-order chi connectivity index (χ0) is 13.4. The van der Waals surface area contributed by atoms with Crippen LogP contribution in [-0.4, -0.2) is 13.1 Å². The molecule has 18 heavy (non-hydrogen) atoms. The molecule has 1 aromatic carbocycles. The van der Waals surface area contributed by atoms with Crippen LogP contribution in [0, 0.1) is 12.7 Å². The first-order valence-electron chi connectivity index (χ1n) is 7.09. The number of hydrogen-bond acceptors (Lipinski definition) is 1. The summed E-state index contributed by atoms with van der Waals surface area (Å²) in [4.78, 5) is 0. The van der Waals surface area contributed by atoms with Gasteiger partial charge in [0.15, 0.2) is 0 Å². The molecule has 0 radical (unpaired) electrons. The molecule has 0 heterocycles. The van der Waals surface area contributed by atoms with E-state index in [0.29, 0.717) is 6.04 Å². The summed E-state index contributed by atoms with van der Waals surface area (Å²) in [7, 11) is 2.00. The van der Waals surface area contributed by atoms with Gasteiger partial charge in [-0.2, -0.15) is 0 Å². The quantitative estimate of drug-likeness (QED) is 0.682. The molecule has 1 N–H and O–H groups in total. The molecule has 0 aromatic heterocycles. The summed E-state index contributed by atoms with van der Waals surface area (Å²) < 4.78 is 13.2. The van der Waals surface area contributed by atoms with Crippen LogP contribution in [0.3, 0.4) is 0 Å². The van der Waals surface area contributed by atoms with Gasteiger partial charge in [-0.1, -0.05) is 38.7 Å². The zero-order valence-corrected chi connectivity index (χ0v) is 11.9. The normalized spacial score (nSPS) is 12.7. The third kappa shape index (κ3) is 5.18. The van der Waals surface area contributed by atoms with Crippen molar-refractivity contribution < 1.29 is 4.39 Å². The van der Waals surface area contributed by atoms with Gasteiger partial charge in [-0.25, -0.2) is 4.39 Å². The molecule has 0 aliphatic heterocycles. The molecule has 1 nitrogen and oxygen atoms in total. The number of nitrogens with one attached hydrogen (secondary N) is 1. The first-order valence-corrected chi connectivity index (χ1v) is 7.09. The van der Waals surface area contributed by atoms with E-state index in [9.17, 15) is 4.39 Å². The Morgan fingerprint density at radius 1 is 1.22 bits per heavy atom. The fraction of sp³-hybridized carbons (Fsp3) is 0.625. The van der Waals surface area contributed by atoms with Crippen LogP contribution < -0.4 is 5.32 Å². The van der Waals surface area contributed by atoms with Crippen molar-refractivity contribution in [3.8, 4) is 0 Å². The molecule has 1 rings (SSSR count). The number of likely N-dealkylation sites (N-methyl/N-ethyl adjacent to an activating group) is 1. The number of hydrogen-bond donors (Lipinski definition) is 1. The number of aryl methyl sites for hydroxylation is 1. The predicted octanol–water partition coefficient (Wildman–Crippen LogP) is 4.24. The highest BCUT2D eigenvalue weighted by molar-refractivity contribution is 5.27. The second-order valence-corrected chi connectivity index (χ2v) is 5.11. The summed E-state index contributed by atoms with van der Waals surface area (Å²) in [5.41, 5.74) is 2.31. The Balaban J connectivity index is 2.48. The Morgan fingerprint density at radius 2 is 2.00 bits per heavy atom. The molecule has 0 amide bonds. The second-order valence-electron chi connectivity index (χ2n) is 5.11. The molecule has 0 spiro atoms. The van der Waals surface area contributed by atoms with E-state index in [-0.39, 0.29) is 5.82 Å². The summed E-state index contributed by atoms with van der Waals surface area (Å²) in [5.74, 6) is -0.128. The monoisotopic (exact) mass is 251 g/mol. The summed E-state index contributed by atoms with van der Waals surface area (Å²) in [5, 5.41) is 3.35. The zero-order valence-electron chi connectivity index (χ0n) is 11.9. The Morgan fingerprint density at radius 3 is 2.67 bits per heavy atom. The van der Waals surface area contributed by atoms with Gasteiger partial charge >= 0.3 is 0 Å². The fourth-order valence-corrected chi connectivity index (χ4v) is 2.29. The SMILES string of the molecule is CCCCCCC(Cc1cc(F)ccc1C)NC. The van der Waals surface area contributed by atoms with Gasteiger partial charge in [-0.3, -0.25) is 0 Å². The maximum atomic E-state index is 13.2. The summed E-state index contributed by atoms with van der Waals surface area (Å²) in [6.45, 7) is 4.28. The average Bonchev–Trinajstić information content (AvgIpc) is 2.37. The minimum Gasteiger partial charge on any atom is -0.317 e. The van der Waals surface area contributed by atoms with Gasteiger partial charge in [0.25, 0.3) is 0 Å². The van der Waals surface area contributed by atoms with E-state index in [1.807, 2.05) is 13.1 Å². The van der Waals surface area contributed by atoms with Gasteiger partial charge in [0.1, 0.15) is 5.82 Å². The number of halogens is 1. The number of rotatable bonds is 8. The van der Waals surface area contributed by atoms with Gasteiger partial charge in [0.05, 0.1) is 0 Å². The summed E-state index contributed by atoms with van der Waals surface area (Å²) >= 11 is 0. The summed E-state index contributed by atoms with van der Waals surface area (Å²) in [6, 6.07) is 5.54. The Kier molecular flexibility index (Phi) is 6.96. The molecule has 102 valence electrons. The Bertz CT molecular complexity index is 349. The lowest BCUT2D eigenvalue weighted by Gasteiger charge is -2.17. The minimum absolute atomic E-state index is 0.128. The molecule has 1 aromatic rings. The van der Waals surface area contributed by atoms with E-state index in [1.165, 1.54) is 43.7 Å². The maximum Gasteiger partial charge on any atom is 0.123 e. The van der Waals surface area contributed by atoms with Crippen LogP contribution in [0.1, 0.15) is 50.2 Å². The van der Waals surface area contributed by atoms with Crippen molar-refractivity contribution in [2.45, 2.75) is 58.4 Å². The minimum atomic E-state index is -0.128. The molecule has 0 saturated carbocycles. The van der Waals surface area contributed by atoms with E-state index in [2.05, 4.69) is 19.2 Å². The lowest BCUT2D eigenvalue weighted by Crippen LogP contribution is -2.27. The molecule has 0 aliphatic carbocycles. The number of unbranched alkanes of at least 4 members (excludes halogenated alkanes) is 3. The first-order chi connectivity index (χ1) is 8.67. The molecular weight excluding hydrogens is 225 g/mol. The highest BCUT2D eigenvalue weighted by atomic mass is 19.1. The molecular formula is C16H26FN. The van der Waals surface area contributed by atoms with Gasteiger partial charge < -0.3 is 5.32 Å². The first kappa shape index (κ1) is 15.2. The van der Waals surface area contributed by atoms with E-state index in [4.69, 9.17) is 0 Å². The molecule has 1 unspecified atom stereocenters. The highest BCUT2D eigenvalue weighted by Gasteiger charge is 2.09. The van der Waals surface area contributed by atoms with E-state index < -0.39 is 0 Å². The van der Waals surface area contributed by atoms with Crippen molar-refractivity contribution in [3.05, 3.63) is 35.1 Å². The van der Waals surface area contributed by atoms with Crippen LogP contribution in [0.25, 0.3) is 0 Å². The molecule has 0 bridgehead atoms. The molecule has 2 heteroatoms. The fourth-order valence-electron chi connectivity index (χ4n) is 2.29. The van der Waals surface area contributed by atoms with E-state index in [1.54, 1.807) is 6.07 Å². The molecule has 1 atom stereocenters. The van der Waals surface area contributed by atoms with Crippen LogP contribution in [0.4, 0.5) is 4.39 Å². The van der Waals surface area contributed by atoms with Crippen molar-refractivity contribution in [2.24, 2.45) is 0 Å². The number of benzene rings is 1. The second kappa shape index (κ2) is 8.25. The highest BCUT2D eigenvalue weighted by Crippen LogP contribution is 2.15. The van der Waals surface area contributed by atoms with Crippen molar-refractivity contribution in [2.75, 3.05) is 7.05 Å². The average molecular weight is 251 g/mol. The van der Waals surface area contributed by atoms with Crippen molar-refractivity contribution in [3.63, 3.8) is 0 Å². The topological polar surface area (TPSA) is 12.0 Å².